The van der Waals surface area contributed by atoms with E-state index in [1.165, 1.54) is 10.4 Å². The summed E-state index contributed by atoms with van der Waals surface area (Å²) in [7, 11) is 0. The van der Waals surface area contributed by atoms with Gasteiger partial charge < -0.3 is 20.1 Å². The first kappa shape index (κ1) is 18.3. The van der Waals surface area contributed by atoms with Crippen LogP contribution in [0.3, 0.4) is 0 Å². The lowest BCUT2D eigenvalue weighted by molar-refractivity contribution is 0.0934. The van der Waals surface area contributed by atoms with Crippen LogP contribution in [0.5, 0.6) is 11.5 Å². The van der Waals surface area contributed by atoms with Gasteiger partial charge in [-0.1, -0.05) is 36.7 Å². The van der Waals surface area contributed by atoms with Crippen molar-refractivity contribution in [1.29, 1.82) is 0 Å². The highest BCUT2D eigenvalue weighted by Gasteiger charge is 2.37. The van der Waals surface area contributed by atoms with E-state index in [0.717, 1.165) is 45.6 Å². The standard InChI is InChI=1S/C21H23BrN2O3S/c1-21(2,3)10-4-5-11-16(6-10)28-20-17(11)19(25)23-18(24-20)12-7-14-15(8-13(12)22)27-9-26-14/h7-8,10,18,24H,4-6,9H2,1-3H3,(H,23,25). The number of thiophene rings is 1. The predicted molar refractivity (Wildman–Crippen MR) is 113 cm³/mol. The highest BCUT2D eigenvalue weighted by molar-refractivity contribution is 9.10. The molecule has 1 aromatic carbocycles. The fourth-order valence-electron chi connectivity index (χ4n) is 4.35. The summed E-state index contributed by atoms with van der Waals surface area (Å²) in [5.74, 6) is 2.09. The highest BCUT2D eigenvalue weighted by atomic mass is 79.9. The average molecular weight is 463 g/mol. The van der Waals surface area contributed by atoms with E-state index in [-0.39, 0.29) is 24.3 Å². The number of rotatable bonds is 1. The highest BCUT2D eigenvalue weighted by Crippen LogP contribution is 2.47. The Morgan fingerprint density at radius 3 is 2.68 bits per heavy atom. The largest absolute Gasteiger partial charge is 0.454 e. The molecule has 2 atom stereocenters. The number of carbonyl (C=O) groups is 1. The maximum absolute atomic E-state index is 13.0. The van der Waals surface area contributed by atoms with E-state index in [2.05, 4.69) is 47.3 Å². The Balaban J connectivity index is 1.48. The molecule has 148 valence electrons. The number of halogens is 1. The van der Waals surface area contributed by atoms with Gasteiger partial charge in [-0.3, -0.25) is 4.79 Å². The first-order valence-electron chi connectivity index (χ1n) is 9.62. The van der Waals surface area contributed by atoms with E-state index in [0.29, 0.717) is 11.7 Å². The Bertz CT molecular complexity index is 979. The lowest BCUT2D eigenvalue weighted by Crippen LogP contribution is -2.38. The molecule has 5 rings (SSSR count). The van der Waals surface area contributed by atoms with Crippen LogP contribution in [0.1, 0.15) is 59.7 Å². The molecule has 2 aliphatic heterocycles. The summed E-state index contributed by atoms with van der Waals surface area (Å²) in [4.78, 5) is 14.4. The molecule has 2 unspecified atom stereocenters. The molecular formula is C21H23BrN2O3S. The molecule has 1 amide bonds. The lowest BCUT2D eigenvalue weighted by atomic mass is 9.72. The van der Waals surface area contributed by atoms with Gasteiger partial charge in [0.1, 0.15) is 11.2 Å². The minimum Gasteiger partial charge on any atom is -0.454 e. The van der Waals surface area contributed by atoms with E-state index < -0.39 is 0 Å². The van der Waals surface area contributed by atoms with Crippen molar-refractivity contribution in [3.8, 4) is 11.5 Å². The summed E-state index contributed by atoms with van der Waals surface area (Å²) in [6.07, 6.45) is 2.88. The molecule has 1 aliphatic carbocycles. The Morgan fingerprint density at radius 2 is 1.93 bits per heavy atom. The van der Waals surface area contributed by atoms with E-state index in [1.54, 1.807) is 11.3 Å². The quantitative estimate of drug-likeness (QED) is 0.607. The number of hydrogen-bond acceptors (Lipinski definition) is 5. The van der Waals surface area contributed by atoms with Gasteiger partial charge in [-0.2, -0.15) is 0 Å². The molecule has 5 nitrogen and oxygen atoms in total. The van der Waals surface area contributed by atoms with Crippen molar-refractivity contribution < 1.29 is 14.3 Å². The molecule has 2 aromatic rings. The first-order valence-corrected chi connectivity index (χ1v) is 11.2. The summed E-state index contributed by atoms with van der Waals surface area (Å²) in [5, 5.41) is 7.66. The maximum atomic E-state index is 13.0. The molecule has 28 heavy (non-hydrogen) atoms. The van der Waals surface area contributed by atoms with Crippen LogP contribution in [-0.2, 0) is 12.8 Å². The van der Waals surface area contributed by atoms with Crippen molar-refractivity contribution >= 4 is 38.2 Å². The monoisotopic (exact) mass is 462 g/mol. The zero-order chi connectivity index (χ0) is 19.6. The molecule has 0 saturated heterocycles. The Kier molecular flexibility index (Phi) is 4.18. The molecule has 0 radical (unpaired) electrons. The Labute approximate surface area is 176 Å². The second kappa shape index (κ2) is 6.39. The molecule has 3 heterocycles. The minimum absolute atomic E-state index is 0.00928. The van der Waals surface area contributed by atoms with Crippen molar-refractivity contribution in [3.63, 3.8) is 0 Å². The summed E-state index contributed by atoms with van der Waals surface area (Å²) < 4.78 is 11.8. The van der Waals surface area contributed by atoms with E-state index >= 15 is 0 Å². The van der Waals surface area contributed by atoms with Crippen LogP contribution >= 0.6 is 27.3 Å². The van der Waals surface area contributed by atoms with E-state index in [1.807, 2.05) is 12.1 Å². The van der Waals surface area contributed by atoms with Crippen LogP contribution in [-0.4, -0.2) is 12.7 Å². The second-order valence-corrected chi connectivity index (χ2v) is 10.8. The topological polar surface area (TPSA) is 59.6 Å². The molecular weight excluding hydrogens is 440 g/mol. The first-order chi connectivity index (χ1) is 13.3. The summed E-state index contributed by atoms with van der Waals surface area (Å²) >= 11 is 5.36. The molecule has 3 aliphatic rings. The van der Waals surface area contributed by atoms with Gasteiger partial charge in [-0.25, -0.2) is 0 Å². The van der Waals surface area contributed by atoms with Gasteiger partial charge in [-0.05, 0) is 48.3 Å². The maximum Gasteiger partial charge on any atom is 0.256 e. The van der Waals surface area contributed by atoms with Crippen molar-refractivity contribution in [1.82, 2.24) is 5.32 Å². The van der Waals surface area contributed by atoms with Gasteiger partial charge in [-0.15, -0.1) is 11.3 Å². The average Bonchev–Trinajstić information content (AvgIpc) is 3.22. The van der Waals surface area contributed by atoms with Gasteiger partial charge in [0.05, 0.1) is 5.56 Å². The number of hydrogen-bond donors (Lipinski definition) is 2. The Morgan fingerprint density at radius 1 is 1.18 bits per heavy atom. The summed E-state index contributed by atoms with van der Waals surface area (Å²) in [6, 6.07) is 3.83. The summed E-state index contributed by atoms with van der Waals surface area (Å²) in [6.45, 7) is 7.17. The van der Waals surface area contributed by atoms with E-state index in [9.17, 15) is 4.79 Å². The molecule has 7 heteroatoms. The third kappa shape index (κ3) is 2.90. The van der Waals surface area contributed by atoms with Crippen molar-refractivity contribution in [2.45, 2.75) is 46.2 Å². The van der Waals surface area contributed by atoms with Crippen molar-refractivity contribution in [3.05, 3.63) is 38.2 Å². The third-order valence-electron chi connectivity index (χ3n) is 6.07. The number of fused-ring (bicyclic) bond motifs is 4. The Hall–Kier alpha value is -1.73. The van der Waals surface area contributed by atoms with Crippen molar-refractivity contribution in [2.75, 3.05) is 12.1 Å². The summed E-state index contributed by atoms with van der Waals surface area (Å²) in [5.41, 5.74) is 3.31. The predicted octanol–water partition coefficient (Wildman–Crippen LogP) is 5.24. The lowest BCUT2D eigenvalue weighted by Gasteiger charge is -2.34. The zero-order valence-corrected chi connectivity index (χ0v) is 18.6. The van der Waals surface area contributed by atoms with Crippen molar-refractivity contribution in [2.24, 2.45) is 11.3 Å². The van der Waals surface area contributed by atoms with Crippen LogP contribution in [0.2, 0.25) is 0 Å². The van der Waals surface area contributed by atoms with Crippen LogP contribution in [0.4, 0.5) is 5.00 Å². The fraction of sp³-hybridized carbons (Fsp3) is 0.476. The smallest absolute Gasteiger partial charge is 0.256 e. The van der Waals surface area contributed by atoms with Gasteiger partial charge in [0, 0.05) is 14.9 Å². The molecule has 0 saturated carbocycles. The van der Waals surface area contributed by atoms with Gasteiger partial charge in [0.15, 0.2) is 11.5 Å². The molecule has 0 fully saturated rings. The molecule has 2 N–H and O–H groups in total. The van der Waals surface area contributed by atoms with Crippen LogP contribution in [0.25, 0.3) is 0 Å². The number of ether oxygens (including phenoxy) is 2. The fourth-order valence-corrected chi connectivity index (χ4v) is 6.25. The second-order valence-electron chi connectivity index (χ2n) is 8.79. The normalized spacial score (nSPS) is 22.9. The van der Waals surface area contributed by atoms with Crippen LogP contribution < -0.4 is 20.1 Å². The van der Waals surface area contributed by atoms with Gasteiger partial charge in [0.2, 0.25) is 6.79 Å². The minimum atomic E-state index is -0.303. The zero-order valence-electron chi connectivity index (χ0n) is 16.1. The number of amides is 1. The molecule has 0 spiro atoms. The number of carbonyl (C=O) groups excluding carboxylic acids is 1. The number of benzene rings is 1. The van der Waals surface area contributed by atoms with Crippen LogP contribution in [0.15, 0.2) is 16.6 Å². The molecule has 0 bridgehead atoms. The number of anilines is 1. The van der Waals surface area contributed by atoms with Gasteiger partial charge >= 0.3 is 0 Å². The number of nitrogens with one attached hydrogen (secondary N) is 2. The van der Waals surface area contributed by atoms with Gasteiger partial charge in [0.25, 0.3) is 5.91 Å². The van der Waals surface area contributed by atoms with E-state index in [4.69, 9.17) is 9.47 Å². The third-order valence-corrected chi connectivity index (χ3v) is 7.94. The molecule has 1 aromatic heterocycles. The van der Waals surface area contributed by atoms with Crippen LogP contribution in [0, 0.1) is 11.3 Å². The SMILES string of the molecule is CC(C)(C)C1CCc2c(sc3c2C(=O)NC(c2cc4c(cc2Br)OCO4)N3)C1.